The third-order valence-electron chi connectivity index (χ3n) is 4.48. The highest BCUT2D eigenvalue weighted by atomic mass is 16.5. The normalized spacial score (nSPS) is 20.0. The minimum atomic E-state index is -0.859. The summed E-state index contributed by atoms with van der Waals surface area (Å²) < 4.78 is 5.65. The first kappa shape index (κ1) is 18.1. The van der Waals surface area contributed by atoms with Crippen molar-refractivity contribution in [3.8, 4) is 5.75 Å². The van der Waals surface area contributed by atoms with Crippen LogP contribution in [0.15, 0.2) is 18.2 Å². The van der Waals surface area contributed by atoms with Gasteiger partial charge in [0.1, 0.15) is 5.75 Å². The number of urea groups is 1. The molecule has 1 saturated heterocycles. The minimum absolute atomic E-state index is 0.228. The summed E-state index contributed by atoms with van der Waals surface area (Å²) >= 11 is 0. The number of hydrogen-bond acceptors (Lipinski definition) is 3. The Balaban J connectivity index is 1.96. The number of carboxylic acid groups (broad SMARTS) is 1. The van der Waals surface area contributed by atoms with E-state index in [0.29, 0.717) is 25.3 Å². The zero-order valence-corrected chi connectivity index (χ0v) is 14.6. The number of aryl methyl sites for hydroxylation is 1. The first-order valence-electron chi connectivity index (χ1n) is 8.38. The number of benzene rings is 1. The number of rotatable bonds is 6. The van der Waals surface area contributed by atoms with Crippen molar-refractivity contribution in [2.75, 3.05) is 25.0 Å². The lowest BCUT2D eigenvalue weighted by Crippen LogP contribution is -2.37. The molecule has 132 valence electrons. The quantitative estimate of drug-likeness (QED) is 0.780. The summed E-state index contributed by atoms with van der Waals surface area (Å²) in [6.45, 7) is 7.06. The second-order valence-corrected chi connectivity index (χ2v) is 6.65. The highest BCUT2D eigenvalue weighted by Gasteiger charge is 2.42. The van der Waals surface area contributed by atoms with Crippen molar-refractivity contribution in [3.05, 3.63) is 23.8 Å². The van der Waals surface area contributed by atoms with Gasteiger partial charge in [-0.2, -0.15) is 0 Å². The van der Waals surface area contributed by atoms with E-state index in [9.17, 15) is 14.7 Å². The number of carbonyl (C=O) groups excluding carboxylic acids is 1. The van der Waals surface area contributed by atoms with Gasteiger partial charge in [0, 0.05) is 18.8 Å². The molecule has 1 heterocycles. The maximum Gasteiger partial charge on any atom is 0.321 e. The second kappa shape index (κ2) is 7.55. The number of hydrogen-bond donors (Lipinski definition) is 2. The summed E-state index contributed by atoms with van der Waals surface area (Å²) in [5.41, 5.74) is 0.771. The molecule has 0 aromatic heterocycles. The number of carboxylic acids is 1. The molecule has 1 atom stereocenters. The number of amides is 2. The maximum absolute atomic E-state index is 12.4. The van der Waals surface area contributed by atoms with E-state index in [2.05, 4.69) is 12.2 Å². The van der Waals surface area contributed by atoms with E-state index in [0.717, 1.165) is 24.2 Å². The highest BCUT2D eigenvalue weighted by Crippen LogP contribution is 2.31. The fourth-order valence-electron chi connectivity index (χ4n) is 2.70. The molecule has 24 heavy (non-hydrogen) atoms. The van der Waals surface area contributed by atoms with Crippen LogP contribution in [0.25, 0.3) is 0 Å². The zero-order chi connectivity index (χ0) is 17.7. The predicted molar refractivity (Wildman–Crippen MR) is 92.5 cm³/mol. The molecule has 2 N–H and O–H groups in total. The fourth-order valence-corrected chi connectivity index (χ4v) is 2.70. The lowest BCUT2D eigenvalue weighted by molar-refractivity contribution is -0.146. The Morgan fingerprint density at radius 1 is 1.42 bits per heavy atom. The van der Waals surface area contributed by atoms with Crippen LogP contribution >= 0.6 is 0 Å². The average molecular weight is 334 g/mol. The standard InChI is InChI=1S/C18H26N2O4/c1-4-5-10-24-14-6-7-15(13(2)11-14)19-17(23)20-9-8-18(3,12-20)16(21)22/h6-7,11H,4-5,8-10,12H2,1-3H3,(H,19,23)(H,21,22). The molecule has 1 fully saturated rings. The molecule has 0 saturated carbocycles. The Labute approximate surface area is 142 Å². The van der Waals surface area contributed by atoms with Gasteiger partial charge in [0.05, 0.1) is 12.0 Å². The Morgan fingerprint density at radius 3 is 2.75 bits per heavy atom. The van der Waals surface area contributed by atoms with Crippen LogP contribution in [0.3, 0.4) is 0 Å². The molecule has 6 heteroatoms. The van der Waals surface area contributed by atoms with Crippen molar-refractivity contribution in [1.82, 2.24) is 4.90 Å². The molecule has 1 aromatic carbocycles. The van der Waals surface area contributed by atoms with Gasteiger partial charge in [-0.25, -0.2) is 4.79 Å². The van der Waals surface area contributed by atoms with Gasteiger partial charge in [0.25, 0.3) is 0 Å². The van der Waals surface area contributed by atoms with Gasteiger partial charge in [-0.15, -0.1) is 0 Å². The third-order valence-corrected chi connectivity index (χ3v) is 4.48. The second-order valence-electron chi connectivity index (χ2n) is 6.65. The van der Waals surface area contributed by atoms with Crippen LogP contribution in [0.5, 0.6) is 5.75 Å². The van der Waals surface area contributed by atoms with Crippen molar-refractivity contribution in [1.29, 1.82) is 0 Å². The van der Waals surface area contributed by atoms with Gasteiger partial charge in [-0.05, 0) is 50.5 Å². The summed E-state index contributed by atoms with van der Waals surface area (Å²) in [6, 6.07) is 5.30. The van der Waals surface area contributed by atoms with Crippen molar-refractivity contribution < 1.29 is 19.4 Å². The number of aliphatic carboxylic acids is 1. The monoisotopic (exact) mass is 334 g/mol. The molecule has 1 aromatic rings. The first-order valence-corrected chi connectivity index (χ1v) is 8.38. The van der Waals surface area contributed by atoms with E-state index >= 15 is 0 Å². The number of nitrogens with zero attached hydrogens (tertiary/aromatic N) is 1. The topological polar surface area (TPSA) is 78.9 Å². The van der Waals surface area contributed by atoms with E-state index < -0.39 is 11.4 Å². The van der Waals surface area contributed by atoms with Crippen LogP contribution in [0, 0.1) is 12.3 Å². The Kier molecular flexibility index (Phi) is 5.70. The molecule has 2 amide bonds. The maximum atomic E-state index is 12.4. The molecule has 6 nitrogen and oxygen atoms in total. The Bertz CT molecular complexity index is 617. The number of anilines is 1. The molecule has 0 bridgehead atoms. The van der Waals surface area contributed by atoms with Crippen LogP contribution in [-0.4, -0.2) is 41.7 Å². The summed E-state index contributed by atoms with van der Waals surface area (Å²) in [6.07, 6.45) is 2.56. The van der Waals surface area contributed by atoms with E-state index in [1.807, 2.05) is 25.1 Å². The Hall–Kier alpha value is -2.24. The summed E-state index contributed by atoms with van der Waals surface area (Å²) in [7, 11) is 0. The van der Waals surface area contributed by atoms with Crippen LogP contribution in [-0.2, 0) is 4.79 Å². The van der Waals surface area contributed by atoms with Crippen LogP contribution in [0.4, 0.5) is 10.5 Å². The number of nitrogens with one attached hydrogen (secondary N) is 1. The van der Waals surface area contributed by atoms with E-state index in [-0.39, 0.29) is 12.6 Å². The molecule has 0 aliphatic carbocycles. The third kappa shape index (κ3) is 4.19. The lowest BCUT2D eigenvalue weighted by Gasteiger charge is -2.21. The van der Waals surface area contributed by atoms with Crippen molar-refractivity contribution in [3.63, 3.8) is 0 Å². The van der Waals surface area contributed by atoms with Crippen molar-refractivity contribution in [2.45, 2.75) is 40.0 Å². The molecule has 0 radical (unpaired) electrons. The zero-order valence-electron chi connectivity index (χ0n) is 14.6. The lowest BCUT2D eigenvalue weighted by atomic mass is 9.90. The number of unbranched alkanes of at least 4 members (excludes halogenated alkanes) is 1. The van der Waals surface area contributed by atoms with Crippen LogP contribution in [0.2, 0.25) is 0 Å². The molecule has 2 rings (SSSR count). The van der Waals surface area contributed by atoms with E-state index in [1.165, 1.54) is 0 Å². The van der Waals surface area contributed by atoms with Gasteiger partial charge in [0.2, 0.25) is 0 Å². The number of carbonyl (C=O) groups is 2. The molecule has 1 aliphatic rings. The number of likely N-dealkylation sites (tertiary alicyclic amines) is 1. The molecular formula is C18H26N2O4. The minimum Gasteiger partial charge on any atom is -0.494 e. The molecule has 1 aliphatic heterocycles. The number of ether oxygens (including phenoxy) is 1. The van der Waals surface area contributed by atoms with Crippen LogP contribution in [0.1, 0.15) is 38.7 Å². The van der Waals surface area contributed by atoms with E-state index in [1.54, 1.807) is 11.8 Å². The smallest absolute Gasteiger partial charge is 0.321 e. The van der Waals surface area contributed by atoms with Gasteiger partial charge in [0.15, 0.2) is 0 Å². The van der Waals surface area contributed by atoms with Gasteiger partial charge >= 0.3 is 12.0 Å². The summed E-state index contributed by atoms with van der Waals surface area (Å²) in [5.74, 6) is -0.0684. The van der Waals surface area contributed by atoms with Gasteiger partial charge in [-0.1, -0.05) is 13.3 Å². The largest absolute Gasteiger partial charge is 0.494 e. The summed E-state index contributed by atoms with van der Waals surface area (Å²) in [5, 5.41) is 12.1. The van der Waals surface area contributed by atoms with Crippen molar-refractivity contribution in [2.24, 2.45) is 5.41 Å². The van der Waals surface area contributed by atoms with E-state index in [4.69, 9.17) is 4.74 Å². The predicted octanol–water partition coefficient (Wildman–Crippen LogP) is 3.50. The van der Waals surface area contributed by atoms with Crippen molar-refractivity contribution >= 4 is 17.7 Å². The van der Waals surface area contributed by atoms with Gasteiger partial charge < -0.3 is 20.1 Å². The molecule has 0 spiro atoms. The SMILES string of the molecule is CCCCOc1ccc(NC(=O)N2CCC(C)(C(=O)O)C2)c(C)c1. The average Bonchev–Trinajstić information content (AvgIpc) is 2.94. The first-order chi connectivity index (χ1) is 11.4. The fraction of sp³-hybridized carbons (Fsp3) is 0.556. The Morgan fingerprint density at radius 2 is 2.17 bits per heavy atom. The summed E-state index contributed by atoms with van der Waals surface area (Å²) in [4.78, 5) is 25.2. The van der Waals surface area contributed by atoms with Gasteiger partial charge in [-0.3, -0.25) is 4.79 Å². The highest BCUT2D eigenvalue weighted by molar-refractivity contribution is 5.91. The molecular weight excluding hydrogens is 308 g/mol. The molecule has 1 unspecified atom stereocenters. The van der Waals surface area contributed by atoms with Crippen LogP contribution < -0.4 is 10.1 Å².